The lowest BCUT2D eigenvalue weighted by atomic mass is 9.82. The Bertz CT molecular complexity index is 290. The fraction of sp³-hybridized carbons (Fsp3) is 0.545. The number of nitrogens with one attached hydrogen (secondary N) is 1. The first-order valence-corrected chi connectivity index (χ1v) is 4.94. The average Bonchev–Trinajstić information content (AvgIpc) is 2.06. The molecule has 2 nitrogen and oxygen atoms in total. The maximum atomic E-state index is 4.25. The first-order chi connectivity index (χ1) is 6.25. The first kappa shape index (κ1) is 8.54. The van der Waals surface area contributed by atoms with Crippen molar-refractivity contribution < 1.29 is 0 Å². The highest BCUT2D eigenvalue weighted by molar-refractivity contribution is 5.47. The van der Waals surface area contributed by atoms with Gasteiger partial charge in [0.05, 0.1) is 11.4 Å². The van der Waals surface area contributed by atoms with E-state index in [1.165, 1.54) is 18.5 Å². The number of aromatic nitrogens is 1. The average molecular weight is 176 g/mol. The Hall–Kier alpha value is -1.05. The van der Waals surface area contributed by atoms with Crippen LogP contribution < -0.4 is 5.32 Å². The smallest absolute Gasteiger partial charge is 0.0603 e. The fourth-order valence-electron chi connectivity index (χ4n) is 1.88. The summed E-state index contributed by atoms with van der Waals surface area (Å²) in [6.07, 6.45) is 4.44. The first-order valence-electron chi connectivity index (χ1n) is 4.94. The highest BCUT2D eigenvalue weighted by Crippen LogP contribution is 2.29. The Kier molecular flexibility index (Phi) is 2.21. The Morgan fingerprint density at radius 2 is 2.23 bits per heavy atom. The molecule has 2 heteroatoms. The van der Waals surface area contributed by atoms with E-state index in [4.69, 9.17) is 0 Å². The summed E-state index contributed by atoms with van der Waals surface area (Å²) in [5.74, 6) is 0.898. The normalized spacial score (nSPS) is 26.6. The van der Waals surface area contributed by atoms with Gasteiger partial charge in [-0.2, -0.15) is 0 Å². The third-order valence-electron chi connectivity index (χ3n) is 2.74. The van der Waals surface area contributed by atoms with Crippen LogP contribution in [0.25, 0.3) is 0 Å². The second-order valence-electron chi connectivity index (χ2n) is 4.05. The van der Waals surface area contributed by atoms with Crippen LogP contribution in [0.5, 0.6) is 0 Å². The van der Waals surface area contributed by atoms with E-state index in [0.29, 0.717) is 6.04 Å². The summed E-state index contributed by atoms with van der Waals surface area (Å²) < 4.78 is 0. The van der Waals surface area contributed by atoms with Gasteiger partial charge < -0.3 is 5.32 Å². The lowest BCUT2D eigenvalue weighted by Crippen LogP contribution is -2.34. The van der Waals surface area contributed by atoms with E-state index in [2.05, 4.69) is 23.3 Å². The quantitative estimate of drug-likeness (QED) is 0.749. The van der Waals surface area contributed by atoms with E-state index < -0.39 is 0 Å². The van der Waals surface area contributed by atoms with Crippen molar-refractivity contribution in [2.45, 2.75) is 32.7 Å². The monoisotopic (exact) mass is 176 g/mol. The van der Waals surface area contributed by atoms with Gasteiger partial charge in [-0.05, 0) is 37.8 Å². The maximum Gasteiger partial charge on any atom is 0.0603 e. The molecule has 1 N–H and O–H groups in total. The van der Waals surface area contributed by atoms with E-state index in [-0.39, 0.29) is 0 Å². The topological polar surface area (TPSA) is 24.9 Å². The van der Waals surface area contributed by atoms with Crippen LogP contribution in [0.2, 0.25) is 0 Å². The van der Waals surface area contributed by atoms with Crippen molar-refractivity contribution in [1.29, 1.82) is 0 Å². The number of anilines is 1. The van der Waals surface area contributed by atoms with Crippen LogP contribution in [0.1, 0.15) is 25.5 Å². The van der Waals surface area contributed by atoms with Crippen molar-refractivity contribution in [3.63, 3.8) is 0 Å². The molecule has 1 aliphatic rings. The molecule has 0 unspecified atom stereocenters. The molecule has 1 aliphatic carbocycles. The minimum Gasteiger partial charge on any atom is -0.381 e. The van der Waals surface area contributed by atoms with Crippen LogP contribution in [0, 0.1) is 12.8 Å². The molecule has 1 heterocycles. The SMILES string of the molecule is Cc1ncccc1NC1CC(C)C1. The van der Waals surface area contributed by atoms with Crippen molar-refractivity contribution in [1.82, 2.24) is 4.98 Å². The van der Waals surface area contributed by atoms with Crippen molar-refractivity contribution in [3.05, 3.63) is 24.0 Å². The zero-order valence-corrected chi connectivity index (χ0v) is 8.25. The molecular formula is C11H16N2. The molecule has 13 heavy (non-hydrogen) atoms. The predicted molar refractivity (Wildman–Crippen MR) is 54.8 cm³/mol. The van der Waals surface area contributed by atoms with Gasteiger partial charge in [-0.15, -0.1) is 0 Å². The second kappa shape index (κ2) is 3.36. The van der Waals surface area contributed by atoms with Crippen LogP contribution in [0.15, 0.2) is 18.3 Å². The number of aryl methyl sites for hydroxylation is 1. The maximum absolute atomic E-state index is 4.25. The fourth-order valence-corrected chi connectivity index (χ4v) is 1.88. The predicted octanol–water partition coefficient (Wildman–Crippen LogP) is 2.60. The molecule has 0 saturated heterocycles. The standard InChI is InChI=1S/C11H16N2/c1-8-6-10(7-8)13-11-4-3-5-12-9(11)2/h3-5,8,10,13H,6-7H2,1-2H3. The van der Waals surface area contributed by atoms with Crippen LogP contribution in [0.3, 0.4) is 0 Å². The third-order valence-corrected chi connectivity index (χ3v) is 2.74. The lowest BCUT2D eigenvalue weighted by Gasteiger charge is -2.34. The number of hydrogen-bond donors (Lipinski definition) is 1. The van der Waals surface area contributed by atoms with E-state index in [0.717, 1.165) is 11.6 Å². The van der Waals surface area contributed by atoms with Gasteiger partial charge in [-0.1, -0.05) is 6.92 Å². The summed E-state index contributed by atoms with van der Waals surface area (Å²) in [5, 5.41) is 3.51. The van der Waals surface area contributed by atoms with Gasteiger partial charge in [-0.3, -0.25) is 4.98 Å². The van der Waals surface area contributed by atoms with Crippen LogP contribution in [-0.2, 0) is 0 Å². The lowest BCUT2D eigenvalue weighted by molar-refractivity contribution is 0.309. The molecule has 1 saturated carbocycles. The highest BCUT2D eigenvalue weighted by Gasteiger charge is 2.25. The van der Waals surface area contributed by atoms with Gasteiger partial charge in [0.2, 0.25) is 0 Å². The summed E-state index contributed by atoms with van der Waals surface area (Å²) in [7, 11) is 0. The number of pyridine rings is 1. The van der Waals surface area contributed by atoms with Crippen molar-refractivity contribution in [2.75, 3.05) is 5.32 Å². The summed E-state index contributed by atoms with van der Waals surface area (Å²) in [6.45, 7) is 4.35. The van der Waals surface area contributed by atoms with Crippen LogP contribution >= 0.6 is 0 Å². The van der Waals surface area contributed by atoms with E-state index in [9.17, 15) is 0 Å². The highest BCUT2D eigenvalue weighted by atomic mass is 15.0. The molecule has 0 bridgehead atoms. The van der Waals surface area contributed by atoms with E-state index in [1.54, 1.807) is 0 Å². The van der Waals surface area contributed by atoms with Gasteiger partial charge in [0.15, 0.2) is 0 Å². The molecule has 0 radical (unpaired) electrons. The van der Waals surface area contributed by atoms with Gasteiger partial charge in [0, 0.05) is 12.2 Å². The summed E-state index contributed by atoms with van der Waals surface area (Å²) >= 11 is 0. The van der Waals surface area contributed by atoms with Gasteiger partial charge in [0.1, 0.15) is 0 Å². The molecule has 1 aromatic rings. The zero-order chi connectivity index (χ0) is 9.26. The van der Waals surface area contributed by atoms with Crippen molar-refractivity contribution in [3.8, 4) is 0 Å². The molecule has 0 atom stereocenters. The van der Waals surface area contributed by atoms with Gasteiger partial charge in [-0.25, -0.2) is 0 Å². The number of nitrogens with zero attached hydrogens (tertiary/aromatic N) is 1. The summed E-state index contributed by atoms with van der Waals surface area (Å²) in [5.41, 5.74) is 2.29. The van der Waals surface area contributed by atoms with Crippen molar-refractivity contribution >= 4 is 5.69 Å². The van der Waals surface area contributed by atoms with Crippen LogP contribution in [-0.4, -0.2) is 11.0 Å². The van der Waals surface area contributed by atoms with Gasteiger partial charge in [0.25, 0.3) is 0 Å². The molecule has 70 valence electrons. The summed E-state index contributed by atoms with van der Waals surface area (Å²) in [4.78, 5) is 4.25. The second-order valence-corrected chi connectivity index (χ2v) is 4.05. The molecule has 1 aromatic heterocycles. The Labute approximate surface area is 79.4 Å². The minimum atomic E-state index is 0.679. The minimum absolute atomic E-state index is 0.679. The van der Waals surface area contributed by atoms with Crippen molar-refractivity contribution in [2.24, 2.45) is 5.92 Å². The van der Waals surface area contributed by atoms with Crippen LogP contribution in [0.4, 0.5) is 5.69 Å². The third kappa shape index (κ3) is 1.82. The molecule has 0 aliphatic heterocycles. The molecule has 0 spiro atoms. The number of rotatable bonds is 2. The Morgan fingerprint density at radius 3 is 2.85 bits per heavy atom. The molecule has 0 aromatic carbocycles. The number of hydrogen-bond acceptors (Lipinski definition) is 2. The Balaban J connectivity index is 1.98. The molecule has 2 rings (SSSR count). The zero-order valence-electron chi connectivity index (χ0n) is 8.25. The largest absolute Gasteiger partial charge is 0.381 e. The van der Waals surface area contributed by atoms with Gasteiger partial charge >= 0.3 is 0 Å². The molecular weight excluding hydrogens is 160 g/mol. The molecule has 0 amide bonds. The summed E-state index contributed by atoms with van der Waals surface area (Å²) in [6, 6.07) is 4.76. The van der Waals surface area contributed by atoms with E-state index in [1.807, 2.05) is 19.2 Å². The van der Waals surface area contributed by atoms with E-state index >= 15 is 0 Å². The molecule has 1 fully saturated rings. The Morgan fingerprint density at radius 1 is 1.46 bits per heavy atom.